The van der Waals surface area contributed by atoms with Crippen LogP contribution in [0.3, 0.4) is 0 Å². The third-order valence-corrected chi connectivity index (χ3v) is 4.30. The normalized spacial score (nSPS) is 21.0. The van der Waals surface area contributed by atoms with Gasteiger partial charge in [-0.25, -0.2) is 9.97 Å². The maximum absolute atomic E-state index is 12.0. The van der Waals surface area contributed by atoms with Gasteiger partial charge in [0.15, 0.2) is 10.4 Å². The van der Waals surface area contributed by atoms with E-state index >= 15 is 0 Å². The lowest BCUT2D eigenvalue weighted by molar-refractivity contribution is 0.0858. The van der Waals surface area contributed by atoms with Crippen molar-refractivity contribution in [1.82, 2.24) is 15.3 Å². The van der Waals surface area contributed by atoms with Crippen LogP contribution in [-0.2, 0) is 0 Å². The van der Waals surface area contributed by atoms with E-state index in [9.17, 15) is 4.79 Å². The van der Waals surface area contributed by atoms with Crippen LogP contribution < -0.4 is 10.1 Å². The van der Waals surface area contributed by atoms with Crippen molar-refractivity contribution < 1.29 is 13.9 Å². The zero-order valence-corrected chi connectivity index (χ0v) is 14.5. The highest BCUT2D eigenvalue weighted by Crippen LogP contribution is 2.23. The molecule has 2 heterocycles. The summed E-state index contributed by atoms with van der Waals surface area (Å²) in [7, 11) is 0. The van der Waals surface area contributed by atoms with Crippen LogP contribution in [0.15, 0.2) is 33.6 Å². The minimum absolute atomic E-state index is 0.0575. The minimum atomic E-state index is -0.193. The molecule has 1 N–H and O–H groups in total. The van der Waals surface area contributed by atoms with Gasteiger partial charge in [-0.2, -0.15) is 0 Å². The molecule has 0 atom stereocenters. The Morgan fingerprint density at radius 2 is 1.96 bits per heavy atom. The van der Waals surface area contributed by atoms with Crippen LogP contribution in [0.25, 0.3) is 0 Å². The Labute approximate surface area is 146 Å². The third-order valence-electron chi connectivity index (χ3n) is 3.68. The molecule has 8 heteroatoms. The van der Waals surface area contributed by atoms with Gasteiger partial charge in [-0.05, 0) is 53.7 Å². The molecule has 1 amide bonds. The summed E-state index contributed by atoms with van der Waals surface area (Å²) in [6.45, 7) is 0. The number of furan rings is 1. The zero-order valence-electron chi connectivity index (χ0n) is 12.2. The molecule has 0 bridgehead atoms. The molecule has 3 rings (SSSR count). The molecule has 6 nitrogen and oxygen atoms in total. The molecule has 2 aromatic heterocycles. The number of nitrogens with one attached hydrogen (secondary N) is 1. The van der Waals surface area contributed by atoms with Gasteiger partial charge in [-0.3, -0.25) is 4.79 Å². The van der Waals surface area contributed by atoms with Crippen LogP contribution >= 0.6 is 27.5 Å². The maximum atomic E-state index is 12.0. The Balaban J connectivity index is 1.46. The van der Waals surface area contributed by atoms with Crippen molar-refractivity contribution in [2.75, 3.05) is 0 Å². The monoisotopic (exact) mass is 399 g/mol. The molecule has 122 valence electrons. The first-order valence-electron chi connectivity index (χ1n) is 7.30. The van der Waals surface area contributed by atoms with Gasteiger partial charge in [0.2, 0.25) is 0 Å². The maximum Gasteiger partial charge on any atom is 0.316 e. The Hall–Kier alpha value is -1.60. The smallest absolute Gasteiger partial charge is 0.316 e. The van der Waals surface area contributed by atoms with Gasteiger partial charge in [0.05, 0.1) is 17.4 Å². The summed E-state index contributed by atoms with van der Waals surface area (Å²) in [6, 6.07) is 3.80. The number of halogens is 2. The van der Waals surface area contributed by atoms with Crippen LogP contribution in [0, 0.1) is 0 Å². The fourth-order valence-corrected chi connectivity index (χ4v) is 2.93. The van der Waals surface area contributed by atoms with E-state index in [1.165, 1.54) is 12.4 Å². The predicted octanol–water partition coefficient (Wildman–Crippen LogP) is 3.61. The summed E-state index contributed by atoms with van der Waals surface area (Å²) in [5, 5.41) is 3.46. The number of carbonyl (C=O) groups is 1. The highest BCUT2D eigenvalue weighted by atomic mass is 79.9. The lowest BCUT2D eigenvalue weighted by Crippen LogP contribution is -2.39. The van der Waals surface area contributed by atoms with Gasteiger partial charge >= 0.3 is 6.01 Å². The van der Waals surface area contributed by atoms with E-state index in [-0.39, 0.29) is 18.1 Å². The van der Waals surface area contributed by atoms with Crippen LogP contribution in [0.2, 0.25) is 5.02 Å². The molecule has 1 fully saturated rings. The molecule has 0 unspecified atom stereocenters. The van der Waals surface area contributed by atoms with Crippen molar-refractivity contribution in [3.8, 4) is 6.01 Å². The molecule has 0 radical (unpaired) electrons. The van der Waals surface area contributed by atoms with Crippen molar-refractivity contribution in [1.29, 1.82) is 0 Å². The lowest BCUT2D eigenvalue weighted by atomic mass is 9.93. The number of rotatable bonds is 4. The first-order valence-corrected chi connectivity index (χ1v) is 8.47. The summed E-state index contributed by atoms with van der Waals surface area (Å²) in [5.41, 5.74) is 0. The molecule has 1 aliphatic rings. The molecular weight excluding hydrogens is 386 g/mol. The number of hydrogen-bond acceptors (Lipinski definition) is 5. The van der Waals surface area contributed by atoms with Crippen molar-refractivity contribution in [2.24, 2.45) is 0 Å². The first kappa shape index (κ1) is 16.3. The van der Waals surface area contributed by atoms with E-state index in [4.69, 9.17) is 20.8 Å². The van der Waals surface area contributed by atoms with E-state index in [1.54, 1.807) is 12.1 Å². The second kappa shape index (κ2) is 7.31. The number of ether oxygens (including phenoxy) is 1. The van der Waals surface area contributed by atoms with Gasteiger partial charge < -0.3 is 14.5 Å². The molecular formula is C15H15BrClN3O3. The summed E-state index contributed by atoms with van der Waals surface area (Å²) in [5.74, 6) is 0.117. The average molecular weight is 401 g/mol. The van der Waals surface area contributed by atoms with Gasteiger partial charge in [-0.15, -0.1) is 0 Å². The Morgan fingerprint density at radius 3 is 2.57 bits per heavy atom. The lowest BCUT2D eigenvalue weighted by Gasteiger charge is -2.28. The zero-order chi connectivity index (χ0) is 16.2. The molecule has 0 spiro atoms. The van der Waals surface area contributed by atoms with E-state index < -0.39 is 0 Å². The van der Waals surface area contributed by atoms with Gasteiger partial charge in [0.1, 0.15) is 6.10 Å². The molecule has 1 aliphatic carbocycles. The Kier molecular flexibility index (Phi) is 5.17. The SMILES string of the molecule is O=C(NC1CCC(Oc2ncc(Cl)cn2)CC1)c1ccc(Br)o1. The molecule has 0 aliphatic heterocycles. The summed E-state index contributed by atoms with van der Waals surface area (Å²) in [6.07, 6.45) is 6.42. The second-order valence-corrected chi connectivity index (χ2v) is 6.57. The quantitative estimate of drug-likeness (QED) is 0.848. The number of amides is 1. The summed E-state index contributed by atoms with van der Waals surface area (Å²) >= 11 is 8.93. The number of hydrogen-bond donors (Lipinski definition) is 1. The molecule has 0 saturated heterocycles. The Morgan fingerprint density at radius 1 is 1.26 bits per heavy atom. The first-order chi connectivity index (χ1) is 11.1. The van der Waals surface area contributed by atoms with Crippen LogP contribution in [0.4, 0.5) is 0 Å². The largest absolute Gasteiger partial charge is 0.460 e. The number of carbonyl (C=O) groups excluding carboxylic acids is 1. The molecule has 2 aromatic rings. The predicted molar refractivity (Wildman–Crippen MR) is 87.6 cm³/mol. The van der Waals surface area contributed by atoms with Crippen molar-refractivity contribution in [3.05, 3.63) is 40.0 Å². The van der Waals surface area contributed by atoms with E-state index in [0.29, 0.717) is 21.5 Å². The van der Waals surface area contributed by atoms with Crippen molar-refractivity contribution in [2.45, 2.75) is 37.8 Å². The Bertz CT molecular complexity index is 669. The average Bonchev–Trinajstić information content (AvgIpc) is 2.98. The fourth-order valence-electron chi connectivity index (χ4n) is 2.53. The third kappa shape index (κ3) is 4.45. The molecule has 0 aromatic carbocycles. The topological polar surface area (TPSA) is 77.2 Å². The van der Waals surface area contributed by atoms with Crippen LogP contribution in [0.5, 0.6) is 6.01 Å². The van der Waals surface area contributed by atoms with Crippen LogP contribution in [-0.4, -0.2) is 28.0 Å². The standard InChI is InChI=1S/C15H15BrClN3O3/c16-13-6-5-12(23-13)14(21)20-10-1-3-11(4-2-10)22-15-18-7-9(17)8-19-15/h5-8,10-11H,1-4H2,(H,20,21). The number of aromatic nitrogens is 2. The van der Waals surface area contributed by atoms with E-state index in [0.717, 1.165) is 25.7 Å². The van der Waals surface area contributed by atoms with Gasteiger partial charge in [0, 0.05) is 6.04 Å². The highest BCUT2D eigenvalue weighted by molar-refractivity contribution is 9.10. The van der Waals surface area contributed by atoms with Crippen molar-refractivity contribution in [3.63, 3.8) is 0 Å². The minimum Gasteiger partial charge on any atom is -0.460 e. The molecule has 23 heavy (non-hydrogen) atoms. The van der Waals surface area contributed by atoms with E-state index in [2.05, 4.69) is 31.2 Å². The van der Waals surface area contributed by atoms with E-state index in [1.807, 2.05) is 0 Å². The summed E-state index contributed by atoms with van der Waals surface area (Å²) in [4.78, 5) is 20.1. The highest BCUT2D eigenvalue weighted by Gasteiger charge is 2.25. The van der Waals surface area contributed by atoms with Gasteiger partial charge in [-0.1, -0.05) is 11.6 Å². The summed E-state index contributed by atoms with van der Waals surface area (Å²) < 4.78 is 11.5. The molecule has 1 saturated carbocycles. The second-order valence-electron chi connectivity index (χ2n) is 5.35. The van der Waals surface area contributed by atoms with Crippen LogP contribution in [0.1, 0.15) is 36.2 Å². The fraction of sp³-hybridized carbons (Fsp3) is 0.400. The number of nitrogens with zero attached hydrogens (tertiary/aromatic N) is 2. The van der Waals surface area contributed by atoms with Crippen molar-refractivity contribution >= 4 is 33.4 Å². The van der Waals surface area contributed by atoms with Gasteiger partial charge in [0.25, 0.3) is 5.91 Å².